The topological polar surface area (TPSA) is 66.9 Å². The van der Waals surface area contributed by atoms with E-state index in [4.69, 9.17) is 0 Å². The summed E-state index contributed by atoms with van der Waals surface area (Å²) in [5.74, 6) is -5.04. The second-order valence-corrected chi connectivity index (χ2v) is 8.01. The molecule has 3 aromatic rings. The monoisotopic (exact) mass is 424 g/mol. The maximum absolute atomic E-state index is 13.6. The number of nitrogens with zero attached hydrogens (tertiary/aromatic N) is 2. The van der Waals surface area contributed by atoms with E-state index in [1.54, 1.807) is 0 Å². The molecule has 1 amide bonds. The van der Waals surface area contributed by atoms with E-state index in [9.17, 15) is 18.0 Å². The van der Waals surface area contributed by atoms with Gasteiger partial charge in [0.05, 0.1) is 11.4 Å². The van der Waals surface area contributed by atoms with Gasteiger partial charge in [0.25, 0.3) is 0 Å². The van der Waals surface area contributed by atoms with Crippen molar-refractivity contribution in [3.63, 3.8) is 0 Å². The lowest BCUT2D eigenvalue weighted by molar-refractivity contribution is -0.113. The predicted octanol–water partition coefficient (Wildman–Crippen LogP) is 5.05. The first-order valence-corrected chi connectivity index (χ1v) is 9.88. The number of hydrogen-bond acceptors (Lipinski definition) is 6. The molecule has 28 heavy (non-hydrogen) atoms. The highest BCUT2D eigenvalue weighted by Crippen LogP contribution is 2.29. The normalized spacial score (nSPS) is 10.8. The molecule has 0 aliphatic rings. The highest BCUT2D eigenvalue weighted by Gasteiger charge is 2.16. The largest absolute Gasteiger partial charge is 0.330 e. The van der Waals surface area contributed by atoms with Gasteiger partial charge in [-0.25, -0.2) is 13.2 Å². The van der Waals surface area contributed by atoms with Crippen molar-refractivity contribution in [2.45, 2.75) is 18.2 Å². The van der Waals surface area contributed by atoms with Crippen molar-refractivity contribution in [3.05, 3.63) is 58.9 Å². The van der Waals surface area contributed by atoms with Gasteiger partial charge in [-0.2, -0.15) is 0 Å². The van der Waals surface area contributed by atoms with Crippen LogP contribution in [-0.4, -0.2) is 21.9 Å². The maximum atomic E-state index is 13.6. The van der Waals surface area contributed by atoms with Gasteiger partial charge in [-0.15, -0.1) is 10.2 Å². The zero-order valence-corrected chi connectivity index (χ0v) is 16.5. The molecule has 0 radical (unpaired) electrons. The molecule has 0 bridgehead atoms. The van der Waals surface area contributed by atoms with Gasteiger partial charge in [-0.3, -0.25) is 4.79 Å². The van der Waals surface area contributed by atoms with Crippen molar-refractivity contribution in [3.8, 4) is 0 Å². The van der Waals surface area contributed by atoms with Gasteiger partial charge in [0.15, 0.2) is 21.8 Å². The molecule has 0 saturated carbocycles. The molecular formula is C18H15F3N4OS2. The Kier molecular flexibility index (Phi) is 6.20. The minimum Gasteiger partial charge on any atom is -0.330 e. The van der Waals surface area contributed by atoms with E-state index in [-0.39, 0.29) is 5.75 Å². The predicted molar refractivity (Wildman–Crippen MR) is 105 cm³/mol. The maximum Gasteiger partial charge on any atom is 0.234 e. The Morgan fingerprint density at radius 3 is 2.64 bits per heavy atom. The number of halogens is 3. The molecule has 10 heteroatoms. The number of nitrogens with one attached hydrogen (secondary N) is 2. The number of aromatic nitrogens is 2. The number of amides is 1. The summed E-state index contributed by atoms with van der Waals surface area (Å²) in [5.41, 5.74) is 2.74. The van der Waals surface area contributed by atoms with Crippen molar-refractivity contribution >= 4 is 45.5 Å². The van der Waals surface area contributed by atoms with Gasteiger partial charge in [-0.05, 0) is 43.2 Å². The molecule has 2 N–H and O–H groups in total. The van der Waals surface area contributed by atoms with E-state index in [0.717, 1.165) is 40.7 Å². The van der Waals surface area contributed by atoms with E-state index < -0.39 is 29.0 Å². The highest BCUT2D eigenvalue weighted by molar-refractivity contribution is 8.01. The lowest BCUT2D eigenvalue weighted by Crippen LogP contribution is -2.15. The van der Waals surface area contributed by atoms with E-state index in [0.29, 0.717) is 9.47 Å². The van der Waals surface area contributed by atoms with Crippen LogP contribution in [0.4, 0.5) is 29.7 Å². The Labute approximate surface area is 167 Å². The molecule has 2 aromatic carbocycles. The number of anilines is 3. The fourth-order valence-corrected chi connectivity index (χ4v) is 3.82. The third kappa shape index (κ3) is 4.63. The Balaban J connectivity index is 1.58. The van der Waals surface area contributed by atoms with Gasteiger partial charge in [0.2, 0.25) is 11.0 Å². The molecule has 0 unspecified atom stereocenters. The van der Waals surface area contributed by atoms with Crippen molar-refractivity contribution < 1.29 is 18.0 Å². The van der Waals surface area contributed by atoms with Crippen molar-refractivity contribution in [1.82, 2.24) is 10.2 Å². The number of benzene rings is 2. The first-order valence-electron chi connectivity index (χ1n) is 8.08. The summed E-state index contributed by atoms with van der Waals surface area (Å²) < 4.78 is 40.2. The number of carbonyl (C=O) groups is 1. The van der Waals surface area contributed by atoms with Crippen LogP contribution in [0.25, 0.3) is 0 Å². The third-order valence-corrected chi connectivity index (χ3v) is 5.86. The zero-order chi connectivity index (χ0) is 20.3. The molecule has 0 aliphatic carbocycles. The van der Waals surface area contributed by atoms with Crippen LogP contribution in [0.15, 0.2) is 34.7 Å². The second kappa shape index (κ2) is 8.61. The Hall–Kier alpha value is -2.59. The molecule has 1 aromatic heterocycles. The average Bonchev–Trinajstić information content (AvgIpc) is 3.12. The molecule has 3 rings (SSSR count). The van der Waals surface area contributed by atoms with Crippen molar-refractivity contribution in [2.24, 2.45) is 0 Å². The van der Waals surface area contributed by atoms with Gasteiger partial charge in [0, 0.05) is 5.69 Å². The Morgan fingerprint density at radius 1 is 1.07 bits per heavy atom. The van der Waals surface area contributed by atoms with Crippen LogP contribution in [0, 0.1) is 31.3 Å². The summed E-state index contributed by atoms with van der Waals surface area (Å²) in [4.78, 5) is 11.9. The number of thioether (sulfide) groups is 1. The van der Waals surface area contributed by atoms with Crippen LogP contribution >= 0.6 is 23.1 Å². The molecule has 1 heterocycles. The molecule has 146 valence electrons. The molecule has 5 nitrogen and oxygen atoms in total. The minimum atomic E-state index is -1.63. The van der Waals surface area contributed by atoms with Gasteiger partial charge >= 0.3 is 0 Å². The lowest BCUT2D eigenvalue weighted by atomic mass is 10.1. The van der Waals surface area contributed by atoms with Crippen molar-refractivity contribution in [2.75, 3.05) is 16.4 Å². The van der Waals surface area contributed by atoms with E-state index in [1.807, 2.05) is 32.0 Å². The number of rotatable bonds is 6. The Morgan fingerprint density at radius 2 is 1.86 bits per heavy atom. The Bertz CT molecular complexity index is 1030. The van der Waals surface area contributed by atoms with Gasteiger partial charge in [0.1, 0.15) is 0 Å². The summed E-state index contributed by atoms with van der Waals surface area (Å²) in [5, 5.41) is 14.0. The standard InChI is InChI=1S/C18H15F3N4OS2/c1-9-4-3-5-12(10(9)2)23-17-24-25-18(28-17)27-8-14(26)22-13-7-6-11(19)15(20)16(13)21/h3-7H,8H2,1-2H3,(H,22,26)(H,23,24). The van der Waals surface area contributed by atoms with Gasteiger partial charge in [-0.1, -0.05) is 35.2 Å². The lowest BCUT2D eigenvalue weighted by Gasteiger charge is -2.08. The van der Waals surface area contributed by atoms with Crippen molar-refractivity contribution in [1.29, 1.82) is 0 Å². The number of carbonyl (C=O) groups excluding carboxylic acids is 1. The van der Waals surface area contributed by atoms with Crippen LogP contribution in [-0.2, 0) is 4.79 Å². The quantitative estimate of drug-likeness (QED) is 0.428. The minimum absolute atomic E-state index is 0.0868. The first-order chi connectivity index (χ1) is 13.3. The number of aryl methyl sites for hydroxylation is 1. The van der Waals surface area contributed by atoms with Gasteiger partial charge < -0.3 is 10.6 Å². The van der Waals surface area contributed by atoms with Crippen LogP contribution in [0.1, 0.15) is 11.1 Å². The van der Waals surface area contributed by atoms with Crippen LogP contribution < -0.4 is 10.6 Å². The molecular weight excluding hydrogens is 409 g/mol. The van der Waals surface area contributed by atoms with E-state index >= 15 is 0 Å². The van der Waals surface area contributed by atoms with Crippen LogP contribution in [0.5, 0.6) is 0 Å². The van der Waals surface area contributed by atoms with E-state index in [1.165, 1.54) is 11.3 Å². The fourth-order valence-electron chi connectivity index (χ4n) is 2.26. The SMILES string of the molecule is Cc1cccc(Nc2nnc(SCC(=O)Nc3ccc(F)c(F)c3F)s2)c1C. The smallest absolute Gasteiger partial charge is 0.234 e. The zero-order valence-electron chi connectivity index (χ0n) is 14.8. The summed E-state index contributed by atoms with van der Waals surface area (Å²) >= 11 is 2.37. The summed E-state index contributed by atoms with van der Waals surface area (Å²) in [7, 11) is 0. The average molecular weight is 424 g/mol. The third-order valence-electron chi connectivity index (χ3n) is 3.89. The van der Waals surface area contributed by atoms with E-state index in [2.05, 4.69) is 20.8 Å². The fraction of sp³-hybridized carbons (Fsp3) is 0.167. The molecule has 0 spiro atoms. The molecule has 0 saturated heterocycles. The summed E-state index contributed by atoms with van der Waals surface area (Å²) in [6, 6.07) is 7.59. The molecule has 0 aliphatic heterocycles. The molecule has 0 fully saturated rings. The summed E-state index contributed by atoms with van der Waals surface area (Å²) in [6.45, 7) is 4.01. The molecule has 0 atom stereocenters. The highest BCUT2D eigenvalue weighted by atomic mass is 32.2. The second-order valence-electron chi connectivity index (χ2n) is 5.81. The van der Waals surface area contributed by atoms with Crippen LogP contribution in [0.3, 0.4) is 0 Å². The summed E-state index contributed by atoms with van der Waals surface area (Å²) in [6.07, 6.45) is 0. The van der Waals surface area contributed by atoms with Crippen LogP contribution in [0.2, 0.25) is 0 Å². The number of hydrogen-bond donors (Lipinski definition) is 2. The first kappa shape index (κ1) is 20.2.